The number of halogens is 3. The Bertz CT molecular complexity index is 1600. The van der Waals surface area contributed by atoms with Gasteiger partial charge in [-0.2, -0.15) is 13.2 Å². The molecule has 1 saturated carbocycles. The number of nitrogen functional groups attached to an aromatic ring is 1. The van der Waals surface area contributed by atoms with Crippen molar-refractivity contribution in [2.75, 3.05) is 11.1 Å². The number of pyridine rings is 1. The van der Waals surface area contributed by atoms with E-state index in [1.165, 1.54) is 12.1 Å². The summed E-state index contributed by atoms with van der Waals surface area (Å²) in [5.41, 5.74) is 5.84. The second kappa shape index (κ2) is 10.8. The number of alkyl halides is 3. The summed E-state index contributed by atoms with van der Waals surface area (Å²) in [6.45, 7) is 7.73. The number of hydrogen-bond acceptors (Lipinski definition) is 6. The molecule has 2 atom stereocenters. The molecule has 4 aromatic rings. The topological polar surface area (TPSA) is 135 Å². The molecule has 4 N–H and O–H groups in total. The Labute approximate surface area is 234 Å². The summed E-state index contributed by atoms with van der Waals surface area (Å²) in [7, 11) is 0. The molecule has 5 rings (SSSR count). The van der Waals surface area contributed by atoms with E-state index in [0.717, 1.165) is 18.3 Å². The van der Waals surface area contributed by atoms with Gasteiger partial charge in [0.25, 0.3) is 5.91 Å². The number of aliphatic carboxylic acids is 1. The van der Waals surface area contributed by atoms with E-state index in [2.05, 4.69) is 15.3 Å². The first-order valence-corrected chi connectivity index (χ1v) is 13.1. The van der Waals surface area contributed by atoms with Gasteiger partial charge >= 0.3 is 12.1 Å². The van der Waals surface area contributed by atoms with Crippen LogP contribution < -0.4 is 11.1 Å². The van der Waals surface area contributed by atoms with E-state index in [4.69, 9.17) is 10.7 Å². The molecule has 216 valence electrons. The van der Waals surface area contributed by atoms with Gasteiger partial charge in [0.2, 0.25) is 0 Å². The second-order valence-electron chi connectivity index (χ2n) is 10.4. The van der Waals surface area contributed by atoms with E-state index in [0.29, 0.717) is 41.9 Å². The maximum absolute atomic E-state index is 13.0. The number of carbonyl (C=O) groups excluding carboxylic acids is 1. The van der Waals surface area contributed by atoms with E-state index in [9.17, 15) is 27.9 Å². The zero-order valence-corrected chi connectivity index (χ0v) is 23.1. The number of rotatable bonds is 5. The van der Waals surface area contributed by atoms with Crippen molar-refractivity contribution in [3.63, 3.8) is 0 Å². The van der Waals surface area contributed by atoms with Crippen molar-refractivity contribution in [1.29, 1.82) is 0 Å². The highest BCUT2D eigenvalue weighted by Crippen LogP contribution is 2.51. The van der Waals surface area contributed by atoms with E-state index in [1.54, 1.807) is 31.5 Å². The number of fused-ring (bicyclic) bond motifs is 1. The number of anilines is 2. The highest BCUT2D eigenvalue weighted by atomic mass is 19.4. The van der Waals surface area contributed by atoms with Gasteiger partial charge in [0.15, 0.2) is 0 Å². The van der Waals surface area contributed by atoms with Crippen LogP contribution in [-0.4, -0.2) is 36.3 Å². The quantitative estimate of drug-likeness (QED) is 0.261. The highest BCUT2D eigenvalue weighted by Gasteiger charge is 2.50. The zero-order valence-electron chi connectivity index (χ0n) is 23.1. The highest BCUT2D eigenvalue weighted by molar-refractivity contribution is 6.04. The largest absolute Gasteiger partial charge is 0.481 e. The third kappa shape index (κ3) is 5.59. The summed E-state index contributed by atoms with van der Waals surface area (Å²) in [6.07, 6.45) is 1.25. The van der Waals surface area contributed by atoms with Crippen molar-refractivity contribution >= 4 is 29.0 Å². The molecule has 3 aromatic heterocycles. The van der Waals surface area contributed by atoms with Crippen molar-refractivity contribution in [3.8, 4) is 11.3 Å². The summed E-state index contributed by atoms with van der Waals surface area (Å²) < 4.78 is 40.8. The lowest BCUT2D eigenvalue weighted by Crippen LogP contribution is -2.29. The van der Waals surface area contributed by atoms with Crippen LogP contribution in [0, 0.1) is 5.41 Å². The average Bonchev–Trinajstić information content (AvgIpc) is 3.50. The third-order valence-corrected chi connectivity index (χ3v) is 7.40. The number of carbonyl (C=O) groups is 2. The fourth-order valence-electron chi connectivity index (χ4n) is 5.30. The van der Waals surface area contributed by atoms with E-state index >= 15 is 0 Å². The first-order valence-electron chi connectivity index (χ1n) is 13.1. The number of aromatic nitrogens is 4. The van der Waals surface area contributed by atoms with Gasteiger partial charge in [0, 0.05) is 35.1 Å². The lowest BCUT2D eigenvalue weighted by atomic mass is 9.81. The summed E-state index contributed by atoms with van der Waals surface area (Å²) in [5.74, 6) is -0.782. The van der Waals surface area contributed by atoms with Crippen LogP contribution in [0.3, 0.4) is 0 Å². The minimum absolute atomic E-state index is 0.202. The Morgan fingerprint density at radius 3 is 2.34 bits per heavy atom. The van der Waals surface area contributed by atoms with Gasteiger partial charge in [-0.05, 0) is 50.5 Å². The summed E-state index contributed by atoms with van der Waals surface area (Å²) >= 11 is 0. The van der Waals surface area contributed by atoms with Gasteiger partial charge in [0.05, 0.1) is 11.0 Å². The summed E-state index contributed by atoms with van der Waals surface area (Å²) in [4.78, 5) is 37.5. The standard InChI is InChI=1S/C27H25F3N6O3.C2H6/c1-25(8-9-26(2,14-25)24(38)39)23-35-19(20-21(31)33-11-12-36(20)23)15-3-5-16(6-4-15)22(37)34-18-13-17(7-10-32-18)27(28,29)30;1-2/h3-7,10-13H,8-9,14H2,1-2H3,(H2,31,33)(H,38,39)(H,32,34,37);1-2H3. The molecule has 0 aliphatic heterocycles. The molecule has 0 bridgehead atoms. The van der Waals surface area contributed by atoms with Gasteiger partial charge in [0.1, 0.15) is 28.7 Å². The maximum atomic E-state index is 13.0. The van der Waals surface area contributed by atoms with Crippen LogP contribution in [0.1, 0.15) is 68.7 Å². The molecule has 1 aliphatic rings. The molecular formula is C29H31F3N6O3. The Hall–Kier alpha value is -4.48. The molecule has 1 fully saturated rings. The molecule has 1 aromatic carbocycles. The predicted octanol–water partition coefficient (Wildman–Crippen LogP) is 6.20. The number of amides is 1. The minimum Gasteiger partial charge on any atom is -0.481 e. The third-order valence-electron chi connectivity index (χ3n) is 7.40. The smallest absolute Gasteiger partial charge is 0.416 e. The SMILES string of the molecule is CC.CC1(C(=O)O)CCC(C)(c2nc(-c3ccc(C(=O)Nc4cc(C(F)(F)F)ccn4)cc3)c3c(N)nccn23)C1. The molecule has 0 radical (unpaired) electrons. The van der Waals surface area contributed by atoms with Crippen LogP contribution in [0.4, 0.5) is 24.8 Å². The van der Waals surface area contributed by atoms with Gasteiger partial charge in [-0.25, -0.2) is 15.0 Å². The molecule has 41 heavy (non-hydrogen) atoms. The van der Waals surface area contributed by atoms with Crippen LogP contribution in [0.25, 0.3) is 16.8 Å². The number of nitrogens with zero attached hydrogens (tertiary/aromatic N) is 4. The molecule has 9 nitrogen and oxygen atoms in total. The molecule has 0 saturated heterocycles. The van der Waals surface area contributed by atoms with Gasteiger partial charge in [-0.3, -0.25) is 14.0 Å². The average molecular weight is 569 g/mol. The second-order valence-corrected chi connectivity index (χ2v) is 10.4. The van der Waals surface area contributed by atoms with Gasteiger partial charge in [-0.1, -0.05) is 32.9 Å². The van der Waals surface area contributed by atoms with Crippen LogP contribution in [-0.2, 0) is 16.4 Å². The monoisotopic (exact) mass is 568 g/mol. The van der Waals surface area contributed by atoms with Gasteiger partial charge < -0.3 is 16.2 Å². The lowest BCUT2D eigenvalue weighted by molar-refractivity contribution is -0.147. The Morgan fingerprint density at radius 1 is 1.05 bits per heavy atom. The maximum Gasteiger partial charge on any atom is 0.416 e. The van der Waals surface area contributed by atoms with Crippen LogP contribution in [0.15, 0.2) is 55.0 Å². The minimum atomic E-state index is -4.56. The summed E-state index contributed by atoms with van der Waals surface area (Å²) in [5, 5.41) is 12.1. The lowest BCUT2D eigenvalue weighted by Gasteiger charge is -2.25. The first-order chi connectivity index (χ1) is 19.3. The molecule has 2 unspecified atom stereocenters. The van der Waals surface area contributed by atoms with E-state index < -0.39 is 34.4 Å². The van der Waals surface area contributed by atoms with Crippen molar-refractivity contribution < 1.29 is 27.9 Å². The Morgan fingerprint density at radius 2 is 1.73 bits per heavy atom. The Balaban J connectivity index is 0.00000189. The number of imidazole rings is 1. The van der Waals surface area contributed by atoms with Crippen molar-refractivity contribution in [2.24, 2.45) is 5.41 Å². The molecule has 1 amide bonds. The van der Waals surface area contributed by atoms with Crippen molar-refractivity contribution in [1.82, 2.24) is 19.4 Å². The number of carboxylic acid groups (broad SMARTS) is 1. The molecule has 0 spiro atoms. The summed E-state index contributed by atoms with van der Waals surface area (Å²) in [6, 6.07) is 7.95. The fraction of sp³-hybridized carbons (Fsp3) is 0.345. The number of carboxylic acids is 1. The fourth-order valence-corrected chi connectivity index (χ4v) is 5.30. The number of nitrogens with two attached hydrogens (primary N) is 1. The first kappa shape index (κ1) is 29.5. The zero-order chi connectivity index (χ0) is 30.2. The van der Waals surface area contributed by atoms with Crippen molar-refractivity contribution in [3.05, 3.63) is 71.9 Å². The Kier molecular flexibility index (Phi) is 7.79. The molecule has 1 aliphatic carbocycles. The molecular weight excluding hydrogens is 537 g/mol. The van der Waals surface area contributed by atoms with E-state index in [1.807, 2.05) is 25.2 Å². The van der Waals surface area contributed by atoms with Crippen LogP contribution >= 0.6 is 0 Å². The van der Waals surface area contributed by atoms with Crippen LogP contribution in [0.2, 0.25) is 0 Å². The number of hydrogen-bond donors (Lipinski definition) is 3. The number of nitrogens with one attached hydrogen (secondary N) is 1. The molecule has 3 heterocycles. The molecule has 12 heteroatoms. The van der Waals surface area contributed by atoms with E-state index in [-0.39, 0.29) is 17.2 Å². The predicted molar refractivity (Wildman–Crippen MR) is 148 cm³/mol. The van der Waals surface area contributed by atoms with Crippen LogP contribution in [0.5, 0.6) is 0 Å². The van der Waals surface area contributed by atoms with Gasteiger partial charge in [-0.15, -0.1) is 0 Å². The normalized spacial score (nSPS) is 20.4. The number of benzene rings is 1. The van der Waals surface area contributed by atoms with Crippen molar-refractivity contribution in [2.45, 2.75) is 58.5 Å².